The van der Waals surface area contributed by atoms with Crippen molar-refractivity contribution in [2.75, 3.05) is 7.11 Å². The number of carbonyl (C=O) groups is 2. The van der Waals surface area contributed by atoms with Gasteiger partial charge in [0.25, 0.3) is 0 Å². The SMILES string of the molecule is COC(=O)CCCC=CC=O. The van der Waals surface area contributed by atoms with Crippen LogP contribution >= 0.6 is 0 Å². The van der Waals surface area contributed by atoms with Crippen molar-refractivity contribution in [3.63, 3.8) is 0 Å². The second-order valence-electron chi connectivity index (χ2n) is 2.03. The fourth-order valence-electron chi connectivity index (χ4n) is 0.618. The first-order valence-corrected chi connectivity index (χ1v) is 3.48. The fraction of sp³-hybridized carbons (Fsp3) is 0.500. The van der Waals surface area contributed by atoms with E-state index in [1.165, 1.54) is 13.2 Å². The van der Waals surface area contributed by atoms with Crippen molar-refractivity contribution >= 4 is 12.3 Å². The molecule has 0 fully saturated rings. The molecule has 62 valence electrons. The van der Waals surface area contributed by atoms with Crippen molar-refractivity contribution in [3.8, 4) is 0 Å². The van der Waals surface area contributed by atoms with Gasteiger partial charge >= 0.3 is 5.97 Å². The molecule has 0 spiro atoms. The molecule has 11 heavy (non-hydrogen) atoms. The predicted octanol–water partition coefficient (Wildman–Crippen LogP) is 1.08. The maximum Gasteiger partial charge on any atom is 0.305 e. The maximum absolute atomic E-state index is 10.5. The molecule has 0 N–H and O–H groups in total. The van der Waals surface area contributed by atoms with Gasteiger partial charge in [0.1, 0.15) is 6.29 Å². The Hall–Kier alpha value is -1.12. The third-order valence-electron chi connectivity index (χ3n) is 1.19. The van der Waals surface area contributed by atoms with Crippen molar-refractivity contribution in [2.24, 2.45) is 0 Å². The minimum Gasteiger partial charge on any atom is -0.469 e. The summed E-state index contributed by atoms with van der Waals surface area (Å²) < 4.78 is 4.42. The van der Waals surface area contributed by atoms with E-state index in [-0.39, 0.29) is 5.97 Å². The van der Waals surface area contributed by atoms with E-state index in [4.69, 9.17) is 0 Å². The number of ether oxygens (including phenoxy) is 1. The van der Waals surface area contributed by atoms with Gasteiger partial charge in [0.2, 0.25) is 0 Å². The summed E-state index contributed by atoms with van der Waals surface area (Å²) in [4.78, 5) is 20.3. The molecule has 0 heterocycles. The topological polar surface area (TPSA) is 43.4 Å². The van der Waals surface area contributed by atoms with Gasteiger partial charge in [0.05, 0.1) is 7.11 Å². The summed E-state index contributed by atoms with van der Waals surface area (Å²) in [5, 5.41) is 0. The molecule has 0 atom stereocenters. The van der Waals surface area contributed by atoms with Gasteiger partial charge < -0.3 is 4.74 Å². The van der Waals surface area contributed by atoms with Crippen molar-refractivity contribution < 1.29 is 14.3 Å². The zero-order valence-electron chi connectivity index (χ0n) is 6.58. The van der Waals surface area contributed by atoms with Gasteiger partial charge in [-0.15, -0.1) is 0 Å². The average Bonchev–Trinajstić information content (AvgIpc) is 2.04. The standard InChI is InChI=1S/C8H12O3/c1-11-8(10)6-4-2-3-5-7-9/h3,5,7H,2,4,6H2,1H3. The number of carbonyl (C=O) groups excluding carboxylic acids is 2. The normalized spacial score (nSPS) is 9.91. The average molecular weight is 156 g/mol. The van der Waals surface area contributed by atoms with E-state index in [9.17, 15) is 9.59 Å². The van der Waals surface area contributed by atoms with E-state index < -0.39 is 0 Å². The lowest BCUT2D eigenvalue weighted by Crippen LogP contribution is -1.98. The summed E-state index contributed by atoms with van der Waals surface area (Å²) in [7, 11) is 1.36. The molecule has 0 aromatic heterocycles. The Bertz CT molecular complexity index is 149. The Morgan fingerprint density at radius 1 is 1.55 bits per heavy atom. The molecule has 0 aliphatic heterocycles. The predicted molar refractivity (Wildman–Crippen MR) is 41.1 cm³/mol. The van der Waals surface area contributed by atoms with Crippen LogP contribution in [0.5, 0.6) is 0 Å². The van der Waals surface area contributed by atoms with Gasteiger partial charge in [0, 0.05) is 6.42 Å². The molecule has 0 rings (SSSR count). The van der Waals surface area contributed by atoms with Gasteiger partial charge in [-0.3, -0.25) is 9.59 Å². The second-order valence-corrected chi connectivity index (χ2v) is 2.03. The van der Waals surface area contributed by atoms with Crippen LogP contribution in [0, 0.1) is 0 Å². The molecule has 0 aromatic rings. The number of hydrogen-bond donors (Lipinski definition) is 0. The molecule has 0 saturated heterocycles. The van der Waals surface area contributed by atoms with E-state index in [1.807, 2.05) is 0 Å². The van der Waals surface area contributed by atoms with Crippen LogP contribution in [0.2, 0.25) is 0 Å². The van der Waals surface area contributed by atoms with E-state index in [0.717, 1.165) is 19.1 Å². The van der Waals surface area contributed by atoms with Crippen molar-refractivity contribution in [3.05, 3.63) is 12.2 Å². The first kappa shape index (κ1) is 9.88. The first-order chi connectivity index (χ1) is 5.31. The van der Waals surface area contributed by atoms with E-state index in [0.29, 0.717) is 6.42 Å². The minimum absolute atomic E-state index is 0.204. The van der Waals surface area contributed by atoms with Crippen LogP contribution in [-0.4, -0.2) is 19.4 Å². The van der Waals surface area contributed by atoms with Gasteiger partial charge in [-0.25, -0.2) is 0 Å². The Kier molecular flexibility index (Phi) is 6.28. The molecule has 0 bridgehead atoms. The molecule has 0 saturated carbocycles. The summed E-state index contributed by atoms with van der Waals surface area (Å²) in [5.74, 6) is -0.204. The van der Waals surface area contributed by atoms with Gasteiger partial charge in [-0.05, 0) is 18.9 Å². The Labute approximate surface area is 66.0 Å². The van der Waals surface area contributed by atoms with Crippen LogP contribution in [0.25, 0.3) is 0 Å². The molecule has 0 unspecified atom stereocenters. The van der Waals surface area contributed by atoms with Crippen LogP contribution < -0.4 is 0 Å². The summed E-state index contributed by atoms with van der Waals surface area (Å²) >= 11 is 0. The summed E-state index contributed by atoms with van der Waals surface area (Å²) in [6.45, 7) is 0. The van der Waals surface area contributed by atoms with Crippen molar-refractivity contribution in [1.82, 2.24) is 0 Å². The monoisotopic (exact) mass is 156 g/mol. The molecule has 0 radical (unpaired) electrons. The largest absolute Gasteiger partial charge is 0.469 e. The summed E-state index contributed by atoms with van der Waals surface area (Å²) in [6.07, 6.45) is 5.77. The molecular formula is C8H12O3. The van der Waals surface area contributed by atoms with Crippen LogP contribution in [0.1, 0.15) is 19.3 Å². The number of aldehydes is 1. The van der Waals surface area contributed by atoms with E-state index >= 15 is 0 Å². The first-order valence-electron chi connectivity index (χ1n) is 3.48. The van der Waals surface area contributed by atoms with Crippen LogP contribution in [0.15, 0.2) is 12.2 Å². The summed E-state index contributed by atoms with van der Waals surface area (Å²) in [5.41, 5.74) is 0. The highest BCUT2D eigenvalue weighted by Gasteiger charge is 1.96. The Morgan fingerprint density at radius 2 is 2.27 bits per heavy atom. The second kappa shape index (κ2) is 6.99. The molecule has 0 amide bonds. The molecule has 0 aliphatic rings. The highest BCUT2D eigenvalue weighted by molar-refractivity contribution is 5.69. The van der Waals surface area contributed by atoms with Crippen LogP contribution in [0.3, 0.4) is 0 Å². The molecule has 0 aliphatic carbocycles. The number of hydrogen-bond acceptors (Lipinski definition) is 3. The Balaban J connectivity index is 3.20. The quantitative estimate of drug-likeness (QED) is 0.259. The zero-order chi connectivity index (χ0) is 8.53. The number of allylic oxidation sites excluding steroid dienone is 2. The van der Waals surface area contributed by atoms with E-state index in [1.54, 1.807) is 6.08 Å². The van der Waals surface area contributed by atoms with Crippen LogP contribution in [0.4, 0.5) is 0 Å². The van der Waals surface area contributed by atoms with Crippen LogP contribution in [-0.2, 0) is 14.3 Å². The molecule has 3 heteroatoms. The number of esters is 1. The molecule has 3 nitrogen and oxygen atoms in total. The fourth-order valence-corrected chi connectivity index (χ4v) is 0.618. The highest BCUT2D eigenvalue weighted by Crippen LogP contribution is 1.97. The van der Waals surface area contributed by atoms with Gasteiger partial charge in [0.15, 0.2) is 0 Å². The van der Waals surface area contributed by atoms with Crippen molar-refractivity contribution in [1.29, 1.82) is 0 Å². The highest BCUT2D eigenvalue weighted by atomic mass is 16.5. The number of rotatable bonds is 5. The lowest BCUT2D eigenvalue weighted by atomic mass is 10.2. The minimum atomic E-state index is -0.204. The maximum atomic E-state index is 10.5. The third-order valence-corrected chi connectivity index (χ3v) is 1.19. The smallest absolute Gasteiger partial charge is 0.305 e. The van der Waals surface area contributed by atoms with E-state index in [2.05, 4.69) is 4.74 Å². The summed E-state index contributed by atoms with van der Waals surface area (Å²) in [6, 6.07) is 0. The lowest BCUT2D eigenvalue weighted by molar-refractivity contribution is -0.140. The van der Waals surface area contributed by atoms with Gasteiger partial charge in [-0.2, -0.15) is 0 Å². The lowest BCUT2D eigenvalue weighted by Gasteiger charge is -1.94. The Morgan fingerprint density at radius 3 is 2.82 bits per heavy atom. The number of methoxy groups -OCH3 is 1. The van der Waals surface area contributed by atoms with Gasteiger partial charge in [-0.1, -0.05) is 6.08 Å². The van der Waals surface area contributed by atoms with Crippen molar-refractivity contribution in [2.45, 2.75) is 19.3 Å². The zero-order valence-corrected chi connectivity index (χ0v) is 6.58. The number of unbranched alkanes of at least 4 members (excludes halogenated alkanes) is 1. The third kappa shape index (κ3) is 6.77. The molecule has 0 aromatic carbocycles. The molecular weight excluding hydrogens is 144 g/mol.